The fourth-order valence-corrected chi connectivity index (χ4v) is 4.00. The molecule has 0 amide bonds. The second-order valence-electron chi connectivity index (χ2n) is 3.84. The molecule has 2 rings (SSSR count). The van der Waals surface area contributed by atoms with E-state index in [2.05, 4.69) is 9.71 Å². The number of thiophene rings is 1. The van der Waals surface area contributed by atoms with Gasteiger partial charge in [-0.25, -0.2) is 13.4 Å². The fourth-order valence-electron chi connectivity index (χ4n) is 1.52. The molecule has 0 saturated carbocycles. The van der Waals surface area contributed by atoms with Crippen molar-refractivity contribution in [3.05, 3.63) is 39.9 Å². The number of halogens is 1. The average molecular weight is 303 g/mol. The topological polar surface area (TPSA) is 59.1 Å². The highest BCUT2D eigenvalue weighted by molar-refractivity contribution is 7.94. The maximum atomic E-state index is 12.0. The Morgan fingerprint density at radius 2 is 2.00 bits per heavy atom. The Bertz CT molecular complexity index is 660. The third-order valence-electron chi connectivity index (χ3n) is 2.15. The van der Waals surface area contributed by atoms with E-state index in [0.29, 0.717) is 10.2 Å². The SMILES string of the molecule is Cc1cc(C)nc(NS(=O)(=O)c2ccc(Cl)s2)c1. The molecule has 0 bridgehead atoms. The molecule has 7 heteroatoms. The normalized spacial score (nSPS) is 11.5. The van der Waals surface area contributed by atoms with Crippen LogP contribution in [0, 0.1) is 13.8 Å². The van der Waals surface area contributed by atoms with Crippen LogP contribution in [0.15, 0.2) is 28.5 Å². The Balaban J connectivity index is 2.33. The summed E-state index contributed by atoms with van der Waals surface area (Å²) in [7, 11) is -3.60. The molecule has 2 heterocycles. The molecule has 0 spiro atoms. The molecule has 0 aliphatic heterocycles. The lowest BCUT2D eigenvalue weighted by Gasteiger charge is -2.07. The summed E-state index contributed by atoms with van der Waals surface area (Å²) < 4.78 is 27.1. The summed E-state index contributed by atoms with van der Waals surface area (Å²) in [5.74, 6) is 0.317. The van der Waals surface area contributed by atoms with Gasteiger partial charge in [0.25, 0.3) is 10.0 Å². The van der Waals surface area contributed by atoms with Gasteiger partial charge in [-0.1, -0.05) is 11.6 Å². The van der Waals surface area contributed by atoms with Crippen LogP contribution in [0.4, 0.5) is 5.82 Å². The molecular formula is C11H11ClN2O2S2. The monoisotopic (exact) mass is 302 g/mol. The van der Waals surface area contributed by atoms with Gasteiger partial charge >= 0.3 is 0 Å². The van der Waals surface area contributed by atoms with Crippen LogP contribution in [0.1, 0.15) is 11.3 Å². The summed E-state index contributed by atoms with van der Waals surface area (Å²) >= 11 is 6.74. The molecule has 0 atom stereocenters. The van der Waals surface area contributed by atoms with Gasteiger partial charge in [0.2, 0.25) is 0 Å². The first kappa shape index (κ1) is 13.3. The molecular weight excluding hydrogens is 292 g/mol. The smallest absolute Gasteiger partial charge is 0.263 e. The van der Waals surface area contributed by atoms with Crippen molar-refractivity contribution < 1.29 is 8.42 Å². The van der Waals surface area contributed by atoms with Crippen LogP contribution in [0.2, 0.25) is 4.34 Å². The van der Waals surface area contributed by atoms with Gasteiger partial charge in [-0.3, -0.25) is 4.72 Å². The molecule has 2 aromatic heterocycles. The number of nitrogens with zero attached hydrogens (tertiary/aromatic N) is 1. The van der Waals surface area contributed by atoms with E-state index in [9.17, 15) is 8.42 Å². The highest BCUT2D eigenvalue weighted by Gasteiger charge is 2.17. The molecule has 1 N–H and O–H groups in total. The van der Waals surface area contributed by atoms with Gasteiger partial charge in [-0.05, 0) is 43.7 Å². The van der Waals surface area contributed by atoms with Crippen molar-refractivity contribution in [2.75, 3.05) is 4.72 Å². The van der Waals surface area contributed by atoms with E-state index < -0.39 is 10.0 Å². The number of anilines is 1. The molecule has 2 aromatic rings. The van der Waals surface area contributed by atoms with E-state index in [0.717, 1.165) is 22.6 Å². The number of aryl methyl sites for hydroxylation is 2. The van der Waals surface area contributed by atoms with Crippen molar-refractivity contribution in [1.29, 1.82) is 0 Å². The Labute approximate surface area is 115 Å². The zero-order valence-electron chi connectivity index (χ0n) is 9.77. The summed E-state index contributed by atoms with van der Waals surface area (Å²) in [5.41, 5.74) is 1.71. The van der Waals surface area contributed by atoms with E-state index in [1.54, 1.807) is 12.1 Å². The Hall–Kier alpha value is -1.11. The number of nitrogens with one attached hydrogen (secondary N) is 1. The minimum atomic E-state index is -3.60. The van der Waals surface area contributed by atoms with Crippen molar-refractivity contribution >= 4 is 38.8 Å². The first-order chi connectivity index (χ1) is 8.37. The van der Waals surface area contributed by atoms with Crippen molar-refractivity contribution in [2.24, 2.45) is 0 Å². The fraction of sp³-hybridized carbons (Fsp3) is 0.182. The van der Waals surface area contributed by atoms with Gasteiger partial charge in [-0.2, -0.15) is 0 Å². The van der Waals surface area contributed by atoms with Crippen molar-refractivity contribution in [2.45, 2.75) is 18.1 Å². The standard InChI is InChI=1S/C11H11ClN2O2S2/c1-7-5-8(2)13-10(6-7)14-18(15,16)11-4-3-9(12)17-11/h3-6H,1-2H3,(H,13,14). The van der Waals surface area contributed by atoms with Crippen LogP contribution < -0.4 is 4.72 Å². The van der Waals surface area contributed by atoms with Crippen LogP contribution >= 0.6 is 22.9 Å². The zero-order valence-corrected chi connectivity index (χ0v) is 12.2. The summed E-state index contributed by atoms with van der Waals surface area (Å²) in [6.45, 7) is 3.70. The van der Waals surface area contributed by atoms with E-state index in [1.807, 2.05) is 19.9 Å². The van der Waals surface area contributed by atoms with Gasteiger partial charge in [-0.15, -0.1) is 11.3 Å². The molecule has 4 nitrogen and oxygen atoms in total. The minimum Gasteiger partial charge on any atom is -0.263 e. The first-order valence-corrected chi connectivity index (χ1v) is 7.78. The maximum absolute atomic E-state index is 12.0. The van der Waals surface area contributed by atoms with Crippen molar-refractivity contribution in [1.82, 2.24) is 4.98 Å². The second-order valence-corrected chi connectivity index (χ2v) is 7.46. The third-order valence-corrected chi connectivity index (χ3v) is 5.23. The van der Waals surface area contributed by atoms with Crippen LogP contribution in [0.25, 0.3) is 0 Å². The van der Waals surface area contributed by atoms with Gasteiger partial charge in [0, 0.05) is 5.69 Å². The number of pyridine rings is 1. The van der Waals surface area contributed by atoms with Crippen LogP contribution in [0.3, 0.4) is 0 Å². The van der Waals surface area contributed by atoms with Gasteiger partial charge < -0.3 is 0 Å². The van der Waals surface area contributed by atoms with Crippen LogP contribution in [0.5, 0.6) is 0 Å². The zero-order chi connectivity index (χ0) is 13.3. The lowest BCUT2D eigenvalue weighted by Crippen LogP contribution is -2.13. The van der Waals surface area contributed by atoms with Crippen LogP contribution in [-0.4, -0.2) is 13.4 Å². The van der Waals surface area contributed by atoms with Crippen molar-refractivity contribution in [3.63, 3.8) is 0 Å². The first-order valence-electron chi connectivity index (χ1n) is 5.10. The molecule has 96 valence electrons. The molecule has 0 unspecified atom stereocenters. The Morgan fingerprint density at radius 1 is 1.28 bits per heavy atom. The predicted octanol–water partition coefficient (Wildman–Crippen LogP) is 3.21. The number of sulfonamides is 1. The molecule has 0 aliphatic rings. The lowest BCUT2D eigenvalue weighted by atomic mass is 10.2. The molecule has 0 aromatic carbocycles. The minimum absolute atomic E-state index is 0.174. The molecule has 0 fully saturated rings. The predicted molar refractivity (Wildman–Crippen MR) is 73.8 cm³/mol. The highest BCUT2D eigenvalue weighted by atomic mass is 35.5. The molecule has 18 heavy (non-hydrogen) atoms. The number of hydrogen-bond acceptors (Lipinski definition) is 4. The summed E-state index contributed by atoms with van der Waals surface area (Å²) in [6, 6.07) is 6.58. The number of hydrogen-bond donors (Lipinski definition) is 1. The second kappa shape index (κ2) is 4.87. The van der Waals surface area contributed by atoms with Crippen LogP contribution in [-0.2, 0) is 10.0 Å². The highest BCUT2D eigenvalue weighted by Crippen LogP contribution is 2.27. The lowest BCUT2D eigenvalue weighted by molar-refractivity contribution is 0.603. The van der Waals surface area contributed by atoms with Gasteiger partial charge in [0.1, 0.15) is 10.0 Å². The average Bonchev–Trinajstić information content (AvgIpc) is 2.62. The van der Waals surface area contributed by atoms with E-state index >= 15 is 0 Å². The third kappa shape index (κ3) is 3.01. The van der Waals surface area contributed by atoms with Crippen molar-refractivity contribution in [3.8, 4) is 0 Å². The largest absolute Gasteiger partial charge is 0.272 e. The number of aromatic nitrogens is 1. The summed E-state index contributed by atoms with van der Waals surface area (Å²) in [5, 5.41) is 0. The Kier molecular flexibility index (Phi) is 3.61. The van der Waals surface area contributed by atoms with E-state index in [1.165, 1.54) is 6.07 Å². The summed E-state index contributed by atoms with van der Waals surface area (Å²) in [4.78, 5) is 4.13. The quantitative estimate of drug-likeness (QED) is 0.947. The van der Waals surface area contributed by atoms with E-state index in [-0.39, 0.29) is 4.21 Å². The Morgan fingerprint density at radius 3 is 2.56 bits per heavy atom. The molecule has 0 saturated heterocycles. The molecule has 0 aliphatic carbocycles. The molecule has 0 radical (unpaired) electrons. The summed E-state index contributed by atoms with van der Waals surface area (Å²) in [6.07, 6.45) is 0. The maximum Gasteiger partial charge on any atom is 0.272 e. The van der Waals surface area contributed by atoms with Gasteiger partial charge in [0.05, 0.1) is 4.34 Å². The van der Waals surface area contributed by atoms with Gasteiger partial charge in [0.15, 0.2) is 0 Å². The van der Waals surface area contributed by atoms with E-state index in [4.69, 9.17) is 11.6 Å². The number of rotatable bonds is 3.